The van der Waals surface area contributed by atoms with Gasteiger partial charge < -0.3 is 15.2 Å². The lowest BCUT2D eigenvalue weighted by Gasteiger charge is -2.25. The van der Waals surface area contributed by atoms with Crippen LogP contribution in [-0.4, -0.2) is 41.7 Å². The summed E-state index contributed by atoms with van der Waals surface area (Å²) >= 11 is 0. The highest BCUT2D eigenvalue weighted by Gasteiger charge is 2.24. The lowest BCUT2D eigenvalue weighted by molar-refractivity contribution is 0.245. The second-order valence-corrected chi connectivity index (χ2v) is 7.70. The minimum Gasteiger partial charge on any atom is -0.359 e. The molecule has 0 bridgehead atoms. The summed E-state index contributed by atoms with van der Waals surface area (Å²) in [6.45, 7) is 10.7. The van der Waals surface area contributed by atoms with Crippen molar-refractivity contribution in [3.63, 3.8) is 0 Å². The van der Waals surface area contributed by atoms with Crippen molar-refractivity contribution in [3.05, 3.63) is 53.4 Å². The van der Waals surface area contributed by atoms with Crippen LogP contribution >= 0.6 is 24.0 Å². The number of nitrogens with zero attached hydrogens (tertiary/aromatic N) is 3. The fraction of sp³-hybridized carbons (Fsp3) is 0.545. The smallest absolute Gasteiger partial charge is 0.191 e. The molecule has 0 amide bonds. The number of nitrogens with one attached hydrogen (secondary N) is 2. The third-order valence-corrected chi connectivity index (χ3v) is 5.14. The van der Waals surface area contributed by atoms with Crippen LogP contribution in [0.2, 0.25) is 0 Å². The van der Waals surface area contributed by atoms with E-state index in [0.29, 0.717) is 18.5 Å². The lowest BCUT2D eigenvalue weighted by atomic mass is 10.1. The van der Waals surface area contributed by atoms with E-state index in [4.69, 9.17) is 4.52 Å². The van der Waals surface area contributed by atoms with Gasteiger partial charge in [0.05, 0.1) is 5.69 Å². The molecule has 1 aromatic carbocycles. The first kappa shape index (κ1) is 23.7. The summed E-state index contributed by atoms with van der Waals surface area (Å²) in [7, 11) is 0. The molecule has 1 aliphatic rings. The maximum absolute atomic E-state index is 5.40. The van der Waals surface area contributed by atoms with Gasteiger partial charge in [-0.05, 0) is 37.8 Å². The highest BCUT2D eigenvalue weighted by Crippen LogP contribution is 2.19. The van der Waals surface area contributed by atoms with E-state index in [1.165, 1.54) is 18.4 Å². The Hall–Kier alpha value is -1.61. The van der Waals surface area contributed by atoms with Crippen molar-refractivity contribution >= 4 is 29.9 Å². The van der Waals surface area contributed by atoms with Crippen molar-refractivity contribution in [1.29, 1.82) is 0 Å². The summed E-state index contributed by atoms with van der Waals surface area (Å²) in [5, 5.41) is 10.9. The molecule has 2 heterocycles. The van der Waals surface area contributed by atoms with Gasteiger partial charge in [0.2, 0.25) is 0 Å². The maximum Gasteiger partial charge on any atom is 0.191 e. The van der Waals surface area contributed by atoms with Gasteiger partial charge >= 0.3 is 0 Å². The number of hydrogen-bond acceptors (Lipinski definition) is 4. The topological polar surface area (TPSA) is 65.7 Å². The van der Waals surface area contributed by atoms with E-state index in [0.717, 1.165) is 43.6 Å². The monoisotopic (exact) mass is 511 g/mol. The molecule has 160 valence electrons. The molecule has 7 heteroatoms. The summed E-state index contributed by atoms with van der Waals surface area (Å²) in [5.41, 5.74) is 2.35. The first-order valence-corrected chi connectivity index (χ1v) is 10.4. The largest absolute Gasteiger partial charge is 0.359 e. The SMILES string of the molecule is CCNC(=NCc1cc(C(C)C)no1)NCC1CCCN1Cc1ccccc1.I. The quantitative estimate of drug-likeness (QED) is 0.317. The Morgan fingerprint density at radius 3 is 2.76 bits per heavy atom. The third kappa shape index (κ3) is 7.29. The third-order valence-electron chi connectivity index (χ3n) is 5.14. The second-order valence-electron chi connectivity index (χ2n) is 7.70. The van der Waals surface area contributed by atoms with Gasteiger partial charge in [0.1, 0.15) is 6.54 Å². The standard InChI is InChI=1S/C22H33N5O.HI/c1-4-23-22(25-15-20-13-21(17(2)3)26-28-20)24-14-19-11-8-12-27(19)16-18-9-6-5-7-10-18;/h5-7,9-10,13,17,19H,4,8,11-12,14-16H2,1-3H3,(H2,23,24,25);1H. The molecule has 0 saturated carbocycles. The molecule has 0 aliphatic carbocycles. The molecule has 1 fully saturated rings. The van der Waals surface area contributed by atoms with Crippen LogP contribution in [0.4, 0.5) is 0 Å². The van der Waals surface area contributed by atoms with Gasteiger partial charge in [0.15, 0.2) is 11.7 Å². The molecule has 6 nitrogen and oxygen atoms in total. The number of halogens is 1. The summed E-state index contributed by atoms with van der Waals surface area (Å²) in [6, 6.07) is 13.2. The van der Waals surface area contributed by atoms with Crippen molar-refractivity contribution in [2.45, 2.75) is 58.7 Å². The van der Waals surface area contributed by atoms with Crippen molar-refractivity contribution in [3.8, 4) is 0 Å². The number of rotatable bonds is 8. The Bertz CT molecular complexity index is 747. The number of benzene rings is 1. The van der Waals surface area contributed by atoms with Gasteiger partial charge in [-0.25, -0.2) is 4.99 Å². The zero-order valence-electron chi connectivity index (χ0n) is 17.7. The second kappa shape index (κ2) is 12.2. The van der Waals surface area contributed by atoms with Gasteiger partial charge in [0, 0.05) is 31.7 Å². The van der Waals surface area contributed by atoms with E-state index in [1.54, 1.807) is 0 Å². The Balaban J connectivity index is 0.00000300. The van der Waals surface area contributed by atoms with Crippen LogP contribution in [0.1, 0.15) is 56.5 Å². The highest BCUT2D eigenvalue weighted by molar-refractivity contribution is 14.0. The molecule has 29 heavy (non-hydrogen) atoms. The highest BCUT2D eigenvalue weighted by atomic mass is 127. The van der Waals surface area contributed by atoms with Crippen LogP contribution in [0, 0.1) is 0 Å². The Labute approximate surface area is 191 Å². The molecule has 1 atom stereocenters. The van der Waals surface area contributed by atoms with Crippen LogP contribution in [0.3, 0.4) is 0 Å². The molecule has 1 aliphatic heterocycles. The molecular weight excluding hydrogens is 477 g/mol. The van der Waals surface area contributed by atoms with Crippen molar-refractivity contribution < 1.29 is 4.52 Å². The molecule has 2 aromatic rings. The summed E-state index contributed by atoms with van der Waals surface area (Å²) < 4.78 is 5.40. The normalized spacial score (nSPS) is 17.4. The van der Waals surface area contributed by atoms with E-state index in [2.05, 4.69) is 76.8 Å². The van der Waals surface area contributed by atoms with Gasteiger partial charge in [-0.2, -0.15) is 0 Å². The number of aromatic nitrogens is 1. The molecule has 0 spiro atoms. The first-order valence-electron chi connectivity index (χ1n) is 10.4. The van der Waals surface area contributed by atoms with Crippen LogP contribution < -0.4 is 10.6 Å². The van der Waals surface area contributed by atoms with Crippen LogP contribution in [-0.2, 0) is 13.1 Å². The van der Waals surface area contributed by atoms with Gasteiger partial charge in [-0.3, -0.25) is 4.90 Å². The Morgan fingerprint density at radius 1 is 1.28 bits per heavy atom. The van der Waals surface area contributed by atoms with Crippen LogP contribution in [0.15, 0.2) is 45.9 Å². The Kier molecular flexibility index (Phi) is 9.93. The molecule has 2 N–H and O–H groups in total. The minimum atomic E-state index is 0. The lowest BCUT2D eigenvalue weighted by Crippen LogP contribution is -2.44. The first-order chi connectivity index (χ1) is 13.7. The Morgan fingerprint density at radius 2 is 2.07 bits per heavy atom. The molecular formula is C22H34IN5O. The van der Waals surface area contributed by atoms with E-state index in [-0.39, 0.29) is 24.0 Å². The summed E-state index contributed by atoms with van der Waals surface area (Å²) in [5.74, 6) is 2.00. The molecule has 0 radical (unpaired) electrons. The number of guanidine groups is 1. The van der Waals surface area contributed by atoms with Gasteiger partial charge in [0.25, 0.3) is 0 Å². The zero-order valence-corrected chi connectivity index (χ0v) is 20.1. The fourth-order valence-electron chi connectivity index (χ4n) is 3.54. The molecule has 1 saturated heterocycles. The predicted molar refractivity (Wildman–Crippen MR) is 129 cm³/mol. The maximum atomic E-state index is 5.40. The number of aliphatic imine (C=N–C) groups is 1. The van der Waals surface area contributed by atoms with E-state index in [9.17, 15) is 0 Å². The number of likely N-dealkylation sites (tertiary alicyclic amines) is 1. The number of hydrogen-bond donors (Lipinski definition) is 2. The van der Waals surface area contributed by atoms with Gasteiger partial charge in [-0.1, -0.05) is 49.3 Å². The summed E-state index contributed by atoms with van der Waals surface area (Å²) in [6.07, 6.45) is 2.47. The fourth-order valence-corrected chi connectivity index (χ4v) is 3.54. The average Bonchev–Trinajstić information content (AvgIpc) is 3.34. The average molecular weight is 511 g/mol. The molecule has 1 unspecified atom stereocenters. The van der Waals surface area contributed by atoms with Gasteiger partial charge in [-0.15, -0.1) is 24.0 Å². The summed E-state index contributed by atoms with van der Waals surface area (Å²) in [4.78, 5) is 7.24. The van der Waals surface area contributed by atoms with Crippen molar-refractivity contribution in [1.82, 2.24) is 20.7 Å². The van der Waals surface area contributed by atoms with E-state index in [1.807, 2.05) is 6.07 Å². The molecule has 3 rings (SSSR count). The van der Waals surface area contributed by atoms with Crippen molar-refractivity contribution in [2.75, 3.05) is 19.6 Å². The van der Waals surface area contributed by atoms with Crippen LogP contribution in [0.5, 0.6) is 0 Å². The van der Waals surface area contributed by atoms with Crippen LogP contribution in [0.25, 0.3) is 0 Å². The minimum absolute atomic E-state index is 0. The van der Waals surface area contributed by atoms with Crippen molar-refractivity contribution in [2.24, 2.45) is 4.99 Å². The zero-order chi connectivity index (χ0) is 19.8. The molecule has 1 aromatic heterocycles. The van der Waals surface area contributed by atoms with E-state index >= 15 is 0 Å². The van der Waals surface area contributed by atoms with E-state index < -0.39 is 0 Å². The predicted octanol–water partition coefficient (Wildman–Crippen LogP) is 4.14.